The Balaban J connectivity index is 1.56. The number of Topliss-reactive ketones (excluding diaryl/α,β-unsaturated/α-hetero) is 1. The Morgan fingerprint density at radius 3 is 2.26 bits per heavy atom. The van der Waals surface area contributed by atoms with Gasteiger partial charge < -0.3 is 15.0 Å². The lowest BCUT2D eigenvalue weighted by atomic mass is 9.95. The minimum absolute atomic E-state index is 0.109. The van der Waals surface area contributed by atoms with E-state index in [1.165, 1.54) is 41.3 Å². The number of rotatable bonds is 5. The number of hydrogen-bond donors (Lipinski definition) is 2. The van der Waals surface area contributed by atoms with E-state index in [1.54, 1.807) is 0 Å². The Kier molecular flexibility index (Phi) is 5.45. The van der Waals surface area contributed by atoms with E-state index < -0.39 is 35.1 Å². The standard InChI is InChI=1S/C27H20F2N2O3/c28-19-9-5-16(6-10-19)24-23(25(32)17-7-11-20(29)12-8-17)26(33)27(34)31(24)14-13-18-15-30-22-4-2-1-3-21(18)22/h1-12,15,24,30,32H,13-14H2/t24-/m0/s1. The first-order valence-corrected chi connectivity index (χ1v) is 10.8. The summed E-state index contributed by atoms with van der Waals surface area (Å²) in [6.07, 6.45) is 2.33. The van der Waals surface area contributed by atoms with E-state index in [9.17, 15) is 23.5 Å². The highest BCUT2D eigenvalue weighted by Gasteiger charge is 2.45. The Morgan fingerprint density at radius 2 is 1.56 bits per heavy atom. The molecular formula is C27H20F2N2O3. The van der Waals surface area contributed by atoms with Crippen molar-refractivity contribution in [3.63, 3.8) is 0 Å². The molecule has 7 heteroatoms. The van der Waals surface area contributed by atoms with Crippen molar-refractivity contribution in [2.75, 3.05) is 6.54 Å². The van der Waals surface area contributed by atoms with Gasteiger partial charge in [-0.3, -0.25) is 9.59 Å². The topological polar surface area (TPSA) is 73.4 Å². The largest absolute Gasteiger partial charge is 0.507 e. The molecule has 2 N–H and O–H groups in total. The first-order chi connectivity index (χ1) is 16.4. The van der Waals surface area contributed by atoms with Gasteiger partial charge in [0, 0.05) is 29.2 Å². The molecule has 170 valence electrons. The van der Waals surface area contributed by atoms with Crippen LogP contribution in [-0.2, 0) is 16.0 Å². The molecule has 0 saturated carbocycles. The number of nitrogens with one attached hydrogen (secondary N) is 1. The van der Waals surface area contributed by atoms with E-state index in [0.29, 0.717) is 12.0 Å². The summed E-state index contributed by atoms with van der Waals surface area (Å²) in [4.78, 5) is 30.7. The van der Waals surface area contributed by atoms with E-state index in [4.69, 9.17) is 0 Å². The van der Waals surface area contributed by atoms with Crippen LogP contribution in [0.5, 0.6) is 0 Å². The van der Waals surface area contributed by atoms with Crippen LogP contribution in [0.2, 0.25) is 0 Å². The van der Waals surface area contributed by atoms with Crippen molar-refractivity contribution < 1.29 is 23.5 Å². The van der Waals surface area contributed by atoms with Crippen molar-refractivity contribution >= 4 is 28.4 Å². The SMILES string of the molecule is O=C1C(=O)N(CCc2c[nH]c3ccccc23)[C@@H](c2ccc(F)cc2)C1=C(O)c1ccc(F)cc1. The van der Waals surface area contributed by atoms with Crippen LogP contribution in [0, 0.1) is 11.6 Å². The maximum Gasteiger partial charge on any atom is 0.295 e. The normalized spacial score (nSPS) is 17.6. The second kappa shape index (κ2) is 8.59. The van der Waals surface area contributed by atoms with Gasteiger partial charge in [-0.2, -0.15) is 0 Å². The quantitative estimate of drug-likeness (QED) is 0.248. The zero-order chi connectivity index (χ0) is 23.8. The Labute approximate surface area is 194 Å². The zero-order valence-electron chi connectivity index (χ0n) is 18.0. The van der Waals surface area contributed by atoms with E-state index in [1.807, 2.05) is 30.5 Å². The lowest BCUT2D eigenvalue weighted by molar-refractivity contribution is -0.139. The van der Waals surface area contributed by atoms with Gasteiger partial charge in [0.05, 0.1) is 11.6 Å². The second-order valence-corrected chi connectivity index (χ2v) is 8.16. The average molecular weight is 458 g/mol. The van der Waals surface area contributed by atoms with Gasteiger partial charge in [-0.15, -0.1) is 0 Å². The summed E-state index contributed by atoms with van der Waals surface area (Å²) >= 11 is 0. The number of para-hydroxylation sites is 1. The lowest BCUT2D eigenvalue weighted by Crippen LogP contribution is -2.31. The molecule has 1 saturated heterocycles. The van der Waals surface area contributed by atoms with Crippen LogP contribution in [0.4, 0.5) is 8.78 Å². The number of fused-ring (bicyclic) bond motifs is 1. The van der Waals surface area contributed by atoms with Crippen molar-refractivity contribution in [1.29, 1.82) is 0 Å². The molecular weight excluding hydrogens is 438 g/mol. The van der Waals surface area contributed by atoms with Crippen molar-refractivity contribution in [2.24, 2.45) is 0 Å². The fraction of sp³-hybridized carbons (Fsp3) is 0.111. The van der Waals surface area contributed by atoms with Gasteiger partial charge in [0.25, 0.3) is 11.7 Å². The number of hydrogen-bond acceptors (Lipinski definition) is 3. The van der Waals surface area contributed by atoms with Crippen molar-refractivity contribution in [3.05, 3.63) is 113 Å². The first kappa shape index (κ1) is 21.6. The number of benzene rings is 3. The molecule has 2 heterocycles. The van der Waals surface area contributed by atoms with Gasteiger partial charge in [-0.05, 0) is 60.0 Å². The molecule has 1 aliphatic heterocycles. The summed E-state index contributed by atoms with van der Waals surface area (Å²) in [6.45, 7) is 0.203. The minimum atomic E-state index is -0.907. The van der Waals surface area contributed by atoms with Crippen LogP contribution in [0.25, 0.3) is 16.7 Å². The van der Waals surface area contributed by atoms with Crippen LogP contribution in [-0.4, -0.2) is 33.2 Å². The molecule has 4 aromatic rings. The summed E-state index contributed by atoms with van der Waals surface area (Å²) in [5.41, 5.74) is 2.54. The van der Waals surface area contributed by atoms with Crippen molar-refractivity contribution in [1.82, 2.24) is 9.88 Å². The lowest BCUT2D eigenvalue weighted by Gasteiger charge is -2.25. The molecule has 0 bridgehead atoms. The summed E-state index contributed by atoms with van der Waals surface area (Å²) in [5, 5.41) is 12.0. The Bertz CT molecular complexity index is 1420. The smallest absolute Gasteiger partial charge is 0.295 e. The molecule has 3 aromatic carbocycles. The number of carbonyl (C=O) groups is 2. The molecule has 1 aromatic heterocycles. The monoisotopic (exact) mass is 458 g/mol. The van der Waals surface area contributed by atoms with Crippen LogP contribution < -0.4 is 0 Å². The van der Waals surface area contributed by atoms with Gasteiger partial charge in [0.2, 0.25) is 0 Å². The molecule has 1 aliphatic rings. The van der Waals surface area contributed by atoms with Crippen LogP contribution in [0.15, 0.2) is 84.6 Å². The third-order valence-corrected chi connectivity index (χ3v) is 6.14. The number of nitrogens with zero attached hydrogens (tertiary/aromatic N) is 1. The summed E-state index contributed by atoms with van der Waals surface area (Å²) in [7, 11) is 0. The highest BCUT2D eigenvalue weighted by molar-refractivity contribution is 6.46. The number of ketones is 1. The van der Waals surface area contributed by atoms with E-state index in [2.05, 4.69) is 4.98 Å². The number of likely N-dealkylation sites (tertiary alicyclic amines) is 1. The van der Waals surface area contributed by atoms with E-state index in [0.717, 1.165) is 28.6 Å². The number of halogens is 2. The van der Waals surface area contributed by atoms with E-state index >= 15 is 0 Å². The zero-order valence-corrected chi connectivity index (χ0v) is 18.0. The molecule has 1 atom stereocenters. The molecule has 0 radical (unpaired) electrons. The van der Waals surface area contributed by atoms with Crippen molar-refractivity contribution in [3.8, 4) is 0 Å². The van der Waals surface area contributed by atoms with Gasteiger partial charge in [0.15, 0.2) is 0 Å². The number of carbonyl (C=O) groups excluding carboxylic acids is 2. The van der Waals surface area contributed by atoms with E-state index in [-0.39, 0.29) is 17.7 Å². The van der Waals surface area contributed by atoms with Crippen LogP contribution in [0.1, 0.15) is 22.7 Å². The minimum Gasteiger partial charge on any atom is -0.507 e. The second-order valence-electron chi connectivity index (χ2n) is 8.16. The molecule has 1 amide bonds. The highest BCUT2D eigenvalue weighted by atomic mass is 19.1. The predicted molar refractivity (Wildman–Crippen MR) is 124 cm³/mol. The number of H-pyrrole nitrogens is 1. The van der Waals surface area contributed by atoms with Gasteiger partial charge in [-0.1, -0.05) is 30.3 Å². The van der Waals surface area contributed by atoms with Crippen LogP contribution in [0.3, 0.4) is 0 Å². The number of aliphatic hydroxyl groups excluding tert-OH is 1. The van der Waals surface area contributed by atoms with Crippen LogP contribution >= 0.6 is 0 Å². The maximum atomic E-state index is 13.6. The van der Waals surface area contributed by atoms with Gasteiger partial charge in [-0.25, -0.2) is 8.78 Å². The molecule has 0 aliphatic carbocycles. The summed E-state index contributed by atoms with van der Waals surface area (Å²) < 4.78 is 27.0. The molecule has 34 heavy (non-hydrogen) atoms. The van der Waals surface area contributed by atoms with Crippen molar-refractivity contribution in [2.45, 2.75) is 12.5 Å². The molecule has 0 spiro atoms. The molecule has 1 fully saturated rings. The molecule has 5 rings (SSSR count). The first-order valence-electron chi connectivity index (χ1n) is 10.8. The fourth-order valence-corrected chi connectivity index (χ4v) is 4.44. The van der Waals surface area contributed by atoms with Gasteiger partial charge in [0.1, 0.15) is 17.4 Å². The third-order valence-electron chi connectivity index (χ3n) is 6.14. The molecule has 0 unspecified atom stereocenters. The predicted octanol–water partition coefficient (Wildman–Crippen LogP) is 5.11. The average Bonchev–Trinajstić information content (AvgIpc) is 3.37. The number of aliphatic hydroxyl groups is 1. The fourth-order valence-electron chi connectivity index (χ4n) is 4.44. The number of amides is 1. The Morgan fingerprint density at radius 1 is 0.912 bits per heavy atom. The maximum absolute atomic E-state index is 13.6. The number of aromatic amines is 1. The highest BCUT2D eigenvalue weighted by Crippen LogP contribution is 2.39. The summed E-state index contributed by atoms with van der Waals surface area (Å²) in [6, 6.07) is 17.3. The molecule has 5 nitrogen and oxygen atoms in total. The Hall–Kier alpha value is -4.26. The number of aromatic nitrogens is 1. The van der Waals surface area contributed by atoms with Gasteiger partial charge >= 0.3 is 0 Å². The third kappa shape index (κ3) is 3.75. The summed E-state index contributed by atoms with van der Waals surface area (Å²) in [5.74, 6) is -2.95.